The summed E-state index contributed by atoms with van der Waals surface area (Å²) >= 11 is 0. The van der Waals surface area contributed by atoms with Crippen LogP contribution in [-0.2, 0) is 0 Å². The zero-order valence-corrected chi connectivity index (χ0v) is 15.3. The van der Waals surface area contributed by atoms with Crippen molar-refractivity contribution in [2.24, 2.45) is 0 Å². The number of rotatable bonds is 3. The van der Waals surface area contributed by atoms with E-state index in [9.17, 15) is 0 Å². The third-order valence-corrected chi connectivity index (χ3v) is 4.17. The van der Waals surface area contributed by atoms with Gasteiger partial charge in [0.2, 0.25) is 5.88 Å². The number of nitrogens with one attached hydrogen (secondary N) is 2. The summed E-state index contributed by atoms with van der Waals surface area (Å²) in [7, 11) is 0. The predicted molar refractivity (Wildman–Crippen MR) is 100 cm³/mol. The molecule has 3 aromatic rings. The fourth-order valence-corrected chi connectivity index (χ4v) is 3.01. The molecule has 4 heterocycles. The Morgan fingerprint density at radius 2 is 1.88 bits per heavy atom. The number of ether oxygens (including phenoxy) is 1. The Bertz CT molecular complexity index is 909. The van der Waals surface area contributed by atoms with Crippen LogP contribution in [-0.4, -0.2) is 56.9 Å². The number of fused-ring (bicyclic) bond motifs is 1. The number of nitrogens with zero attached hydrogens (tertiary/aromatic N) is 5. The molecule has 0 radical (unpaired) electrons. The van der Waals surface area contributed by atoms with Gasteiger partial charge in [0, 0.05) is 43.7 Å². The number of piperazine rings is 1. The molecule has 0 atom stereocenters. The van der Waals surface area contributed by atoms with Crippen molar-refractivity contribution in [1.82, 2.24) is 30.5 Å². The van der Waals surface area contributed by atoms with Crippen molar-refractivity contribution >= 4 is 16.7 Å². The number of H-pyrrole nitrogens is 1. The maximum atomic E-state index is 5.89. The second-order valence-electron chi connectivity index (χ2n) is 7.35. The van der Waals surface area contributed by atoms with Crippen LogP contribution in [0.5, 0.6) is 5.88 Å². The quantitative estimate of drug-likeness (QED) is 0.744. The molecule has 0 amide bonds. The molecule has 4 rings (SSSR count). The molecule has 0 unspecified atom stereocenters. The highest BCUT2D eigenvalue weighted by atomic mass is 16.5. The minimum atomic E-state index is -0.311. The van der Waals surface area contributed by atoms with Gasteiger partial charge < -0.3 is 15.0 Å². The predicted octanol–water partition coefficient (Wildman–Crippen LogP) is 2.00. The van der Waals surface area contributed by atoms with Crippen LogP contribution < -0.4 is 15.0 Å². The molecule has 8 heteroatoms. The zero-order valence-electron chi connectivity index (χ0n) is 15.3. The molecule has 26 heavy (non-hydrogen) atoms. The summed E-state index contributed by atoms with van der Waals surface area (Å²) in [5, 5.41) is 11.8. The van der Waals surface area contributed by atoms with Crippen LogP contribution in [0.4, 0.5) is 5.82 Å². The Morgan fingerprint density at radius 3 is 2.65 bits per heavy atom. The SMILES string of the molecule is CC(C)(C)Oc1cc2c(-c3cc(N4CCNCC4)ncn3)n[nH]c2cn1. The fourth-order valence-electron chi connectivity index (χ4n) is 3.01. The van der Waals surface area contributed by atoms with Gasteiger partial charge in [0.15, 0.2) is 0 Å². The third-order valence-electron chi connectivity index (χ3n) is 4.17. The smallest absolute Gasteiger partial charge is 0.214 e. The van der Waals surface area contributed by atoms with E-state index >= 15 is 0 Å². The van der Waals surface area contributed by atoms with Crippen LogP contribution in [0.3, 0.4) is 0 Å². The number of hydrogen-bond acceptors (Lipinski definition) is 7. The summed E-state index contributed by atoms with van der Waals surface area (Å²) in [5.41, 5.74) is 2.10. The molecule has 8 nitrogen and oxygen atoms in total. The van der Waals surface area contributed by atoms with Crippen LogP contribution in [0.2, 0.25) is 0 Å². The number of aromatic nitrogens is 5. The van der Waals surface area contributed by atoms with Crippen LogP contribution in [0.15, 0.2) is 24.7 Å². The van der Waals surface area contributed by atoms with E-state index in [4.69, 9.17) is 4.74 Å². The Hall–Kier alpha value is -2.74. The van der Waals surface area contributed by atoms with Gasteiger partial charge in [0.25, 0.3) is 0 Å². The first-order valence-electron chi connectivity index (χ1n) is 8.81. The molecule has 0 aliphatic carbocycles. The topological polar surface area (TPSA) is 91.9 Å². The van der Waals surface area contributed by atoms with E-state index in [0.717, 1.165) is 54.3 Å². The summed E-state index contributed by atoms with van der Waals surface area (Å²) < 4.78 is 5.89. The second-order valence-corrected chi connectivity index (χ2v) is 7.35. The van der Waals surface area contributed by atoms with Crippen molar-refractivity contribution in [2.45, 2.75) is 26.4 Å². The highest BCUT2D eigenvalue weighted by molar-refractivity contribution is 5.92. The van der Waals surface area contributed by atoms with Gasteiger partial charge in [-0.25, -0.2) is 15.0 Å². The van der Waals surface area contributed by atoms with Crippen molar-refractivity contribution in [2.75, 3.05) is 31.1 Å². The van der Waals surface area contributed by atoms with Gasteiger partial charge in [0.1, 0.15) is 23.4 Å². The van der Waals surface area contributed by atoms with Gasteiger partial charge in [-0.1, -0.05) is 0 Å². The first-order chi connectivity index (χ1) is 12.5. The minimum absolute atomic E-state index is 0.311. The van der Waals surface area contributed by atoms with Crippen molar-refractivity contribution < 1.29 is 4.74 Å². The molecule has 2 N–H and O–H groups in total. The Kier molecular flexibility index (Phi) is 4.20. The van der Waals surface area contributed by atoms with Crippen LogP contribution in [0, 0.1) is 0 Å². The average Bonchev–Trinajstić information content (AvgIpc) is 3.04. The summed E-state index contributed by atoms with van der Waals surface area (Å²) in [6.07, 6.45) is 3.34. The van der Waals surface area contributed by atoms with E-state index in [2.05, 4.69) is 35.4 Å². The molecule has 1 aliphatic heterocycles. The molecular formula is C18H23N7O. The fraction of sp³-hybridized carbons (Fsp3) is 0.444. The van der Waals surface area contributed by atoms with E-state index in [0.29, 0.717) is 5.88 Å². The highest BCUT2D eigenvalue weighted by Gasteiger charge is 2.18. The molecule has 0 bridgehead atoms. The largest absolute Gasteiger partial charge is 0.472 e. The van der Waals surface area contributed by atoms with Crippen molar-refractivity contribution in [3.63, 3.8) is 0 Å². The highest BCUT2D eigenvalue weighted by Crippen LogP contribution is 2.29. The zero-order chi connectivity index (χ0) is 18.1. The summed E-state index contributed by atoms with van der Waals surface area (Å²) in [5.74, 6) is 1.50. The van der Waals surface area contributed by atoms with Crippen LogP contribution in [0.25, 0.3) is 22.3 Å². The standard InChI is InChI=1S/C18H23N7O/c1-18(2,3)26-16-8-12-14(10-20-16)23-24-17(12)13-9-15(22-11-21-13)25-6-4-19-5-7-25/h8-11,19H,4-7H2,1-3H3,(H,23,24). The molecule has 1 fully saturated rings. The van der Waals surface area contributed by atoms with Crippen molar-refractivity contribution in [1.29, 1.82) is 0 Å². The maximum Gasteiger partial charge on any atom is 0.214 e. The van der Waals surface area contributed by atoms with Gasteiger partial charge >= 0.3 is 0 Å². The lowest BCUT2D eigenvalue weighted by Gasteiger charge is -2.28. The van der Waals surface area contributed by atoms with Gasteiger partial charge in [-0.3, -0.25) is 5.10 Å². The van der Waals surface area contributed by atoms with Gasteiger partial charge in [0.05, 0.1) is 17.4 Å². The lowest BCUT2D eigenvalue weighted by Crippen LogP contribution is -2.43. The number of pyridine rings is 1. The molecule has 1 aliphatic rings. The monoisotopic (exact) mass is 353 g/mol. The molecular weight excluding hydrogens is 330 g/mol. The van der Waals surface area contributed by atoms with Crippen molar-refractivity contribution in [3.05, 3.63) is 24.7 Å². The van der Waals surface area contributed by atoms with Gasteiger partial charge in [-0.15, -0.1) is 0 Å². The lowest BCUT2D eigenvalue weighted by molar-refractivity contribution is 0.124. The molecule has 0 spiro atoms. The number of anilines is 1. The first kappa shape index (κ1) is 16.7. The van der Waals surface area contributed by atoms with Gasteiger partial charge in [-0.2, -0.15) is 5.10 Å². The second kappa shape index (κ2) is 6.53. The van der Waals surface area contributed by atoms with Crippen molar-refractivity contribution in [3.8, 4) is 17.3 Å². The Morgan fingerprint density at radius 1 is 1.08 bits per heavy atom. The summed E-state index contributed by atoms with van der Waals surface area (Å²) in [6, 6.07) is 3.90. The minimum Gasteiger partial charge on any atom is -0.472 e. The van der Waals surface area contributed by atoms with E-state index < -0.39 is 0 Å². The average molecular weight is 353 g/mol. The molecule has 1 saturated heterocycles. The summed E-state index contributed by atoms with van der Waals surface area (Å²) in [4.78, 5) is 15.5. The summed E-state index contributed by atoms with van der Waals surface area (Å²) in [6.45, 7) is 9.79. The first-order valence-corrected chi connectivity index (χ1v) is 8.81. The molecule has 0 saturated carbocycles. The lowest BCUT2D eigenvalue weighted by atomic mass is 10.1. The van der Waals surface area contributed by atoms with E-state index in [1.54, 1.807) is 12.5 Å². The van der Waals surface area contributed by atoms with E-state index in [-0.39, 0.29) is 5.60 Å². The van der Waals surface area contributed by atoms with Crippen LogP contribution in [0.1, 0.15) is 20.8 Å². The molecule has 3 aromatic heterocycles. The Balaban J connectivity index is 1.71. The molecule has 0 aromatic carbocycles. The molecule has 136 valence electrons. The van der Waals surface area contributed by atoms with E-state index in [1.165, 1.54) is 0 Å². The van der Waals surface area contributed by atoms with E-state index in [1.807, 2.05) is 32.9 Å². The Labute approximate surface area is 152 Å². The van der Waals surface area contributed by atoms with Gasteiger partial charge in [-0.05, 0) is 20.8 Å². The normalized spacial score (nSPS) is 15.4. The third kappa shape index (κ3) is 3.45. The van der Waals surface area contributed by atoms with Crippen LogP contribution >= 0.6 is 0 Å². The number of aromatic amines is 1. The number of hydrogen-bond donors (Lipinski definition) is 2. The maximum absolute atomic E-state index is 5.89.